The number of rotatable bonds is 2. The smallest absolute Gasteiger partial charge is 0.193 e. The molecule has 8 atom stereocenters. The molecule has 3 unspecified atom stereocenters. The fraction of sp³-hybridized carbons (Fsp3) is 0.750. The van der Waals surface area contributed by atoms with Gasteiger partial charge in [0.15, 0.2) is 23.0 Å². The maximum Gasteiger partial charge on any atom is 0.193 e. The lowest BCUT2D eigenvalue weighted by Crippen LogP contribution is -2.63. The van der Waals surface area contributed by atoms with E-state index < -0.39 is 35.6 Å². The Balaban J connectivity index is 1.59. The summed E-state index contributed by atoms with van der Waals surface area (Å²) in [5, 5.41) is 21.3. The van der Waals surface area contributed by atoms with Crippen molar-refractivity contribution < 1.29 is 29.3 Å². The number of aliphatic hydroxyl groups is 2. The summed E-state index contributed by atoms with van der Waals surface area (Å²) in [6.45, 7) is 7.19. The fourth-order valence-corrected chi connectivity index (χ4v) is 8.04. The normalized spacial score (nSPS) is 50.9. The van der Waals surface area contributed by atoms with Gasteiger partial charge in [0.2, 0.25) is 0 Å². The number of aliphatic hydroxyl groups excluding tert-OH is 2. The summed E-state index contributed by atoms with van der Waals surface area (Å²) in [6.07, 6.45) is 7.04. The van der Waals surface area contributed by atoms with E-state index in [4.69, 9.17) is 9.47 Å². The van der Waals surface area contributed by atoms with Gasteiger partial charge in [-0.15, -0.1) is 0 Å². The molecule has 0 aromatic heterocycles. The van der Waals surface area contributed by atoms with Gasteiger partial charge in [0, 0.05) is 16.7 Å². The molecule has 1 saturated heterocycles. The summed E-state index contributed by atoms with van der Waals surface area (Å²) in [6, 6.07) is 0. The third-order valence-corrected chi connectivity index (χ3v) is 9.05. The Kier molecular flexibility index (Phi) is 4.20. The van der Waals surface area contributed by atoms with Crippen LogP contribution in [-0.2, 0) is 19.1 Å². The molecule has 164 valence electrons. The van der Waals surface area contributed by atoms with Crippen LogP contribution in [0.2, 0.25) is 0 Å². The van der Waals surface area contributed by atoms with Gasteiger partial charge in [0.25, 0.3) is 0 Å². The van der Waals surface area contributed by atoms with Crippen molar-refractivity contribution in [1.82, 2.24) is 0 Å². The van der Waals surface area contributed by atoms with Crippen molar-refractivity contribution >= 4 is 11.6 Å². The monoisotopic (exact) mass is 419 g/mol. The molecule has 0 radical (unpaired) electrons. The van der Waals surface area contributed by atoms with Crippen LogP contribution in [0.1, 0.15) is 53.4 Å². The molecule has 0 amide bonds. The first-order valence-electron chi connectivity index (χ1n) is 11.1. The van der Waals surface area contributed by atoms with Gasteiger partial charge < -0.3 is 19.7 Å². The summed E-state index contributed by atoms with van der Waals surface area (Å²) in [4.78, 5) is 25.1. The molecular formula is C24H32O6. The van der Waals surface area contributed by atoms with Crippen LogP contribution >= 0.6 is 0 Å². The van der Waals surface area contributed by atoms with Crippen LogP contribution in [0.3, 0.4) is 0 Å². The number of carbonyl (C=O) groups is 2. The molecule has 0 aromatic rings. The predicted octanol–water partition coefficient (Wildman–Crippen LogP) is 2.33. The first-order chi connectivity index (χ1) is 14.0. The van der Waals surface area contributed by atoms with Gasteiger partial charge in [-0.3, -0.25) is 9.59 Å². The van der Waals surface area contributed by atoms with Crippen LogP contribution in [0.15, 0.2) is 23.8 Å². The molecule has 30 heavy (non-hydrogen) atoms. The Bertz CT molecular complexity index is 873. The van der Waals surface area contributed by atoms with Gasteiger partial charge in [-0.1, -0.05) is 25.5 Å². The first-order valence-corrected chi connectivity index (χ1v) is 11.1. The molecule has 3 saturated carbocycles. The number of fused-ring (bicyclic) bond motifs is 7. The van der Waals surface area contributed by atoms with E-state index in [0.717, 1.165) is 18.4 Å². The maximum atomic E-state index is 13.2. The lowest BCUT2D eigenvalue weighted by Gasteiger charge is -2.59. The number of allylic oxidation sites excluding steroid dienone is 4. The van der Waals surface area contributed by atoms with Crippen molar-refractivity contribution in [2.24, 2.45) is 28.6 Å². The second-order valence-electron chi connectivity index (χ2n) is 10.9. The van der Waals surface area contributed by atoms with Crippen LogP contribution in [-0.4, -0.2) is 52.0 Å². The Labute approximate surface area is 177 Å². The van der Waals surface area contributed by atoms with Crippen molar-refractivity contribution in [3.63, 3.8) is 0 Å². The minimum atomic E-state index is -1.24. The van der Waals surface area contributed by atoms with E-state index in [2.05, 4.69) is 6.92 Å². The average molecular weight is 419 g/mol. The van der Waals surface area contributed by atoms with Crippen LogP contribution < -0.4 is 0 Å². The molecule has 4 aliphatic carbocycles. The number of ether oxygens (including phenoxy) is 2. The molecule has 0 bridgehead atoms. The summed E-state index contributed by atoms with van der Waals surface area (Å²) >= 11 is 0. The molecule has 4 fully saturated rings. The van der Waals surface area contributed by atoms with E-state index in [-0.39, 0.29) is 34.7 Å². The third kappa shape index (κ3) is 2.34. The highest BCUT2D eigenvalue weighted by Crippen LogP contribution is 2.70. The quantitative estimate of drug-likeness (QED) is 0.668. The number of hydrogen-bond donors (Lipinski definition) is 2. The molecule has 5 aliphatic rings. The van der Waals surface area contributed by atoms with E-state index in [1.54, 1.807) is 26.0 Å². The third-order valence-electron chi connectivity index (χ3n) is 9.05. The Morgan fingerprint density at radius 1 is 1.27 bits per heavy atom. The van der Waals surface area contributed by atoms with Crippen molar-refractivity contribution in [1.29, 1.82) is 0 Å². The Morgan fingerprint density at radius 3 is 2.70 bits per heavy atom. The van der Waals surface area contributed by atoms with E-state index in [0.29, 0.717) is 12.8 Å². The highest BCUT2D eigenvalue weighted by molar-refractivity contribution is 6.01. The molecule has 0 aromatic carbocycles. The average Bonchev–Trinajstić information content (AvgIpc) is 3.07. The highest BCUT2D eigenvalue weighted by Gasteiger charge is 2.76. The highest BCUT2D eigenvalue weighted by atomic mass is 16.9. The lowest BCUT2D eigenvalue weighted by molar-refractivity contribution is -0.225. The molecule has 5 rings (SSSR count). The number of carbonyl (C=O) groups excluding carboxylic acids is 2. The van der Waals surface area contributed by atoms with Crippen LogP contribution in [0.4, 0.5) is 0 Å². The van der Waals surface area contributed by atoms with Crippen LogP contribution in [0.25, 0.3) is 0 Å². The van der Waals surface area contributed by atoms with E-state index in [1.807, 2.05) is 13.0 Å². The molecular weight excluding hydrogens is 387 g/mol. The molecule has 6 heteroatoms. The van der Waals surface area contributed by atoms with E-state index in [9.17, 15) is 19.8 Å². The molecule has 2 N–H and O–H groups in total. The van der Waals surface area contributed by atoms with Crippen LogP contribution in [0.5, 0.6) is 0 Å². The minimum Gasteiger partial charge on any atom is -0.393 e. The van der Waals surface area contributed by atoms with Gasteiger partial charge in [-0.05, 0) is 63.5 Å². The standard InChI is InChI=1S/C24H32O6/c1-21(2)29-19-10-16-15-6-5-13-9-14(26)7-8-22(13,3)20(15)17(27)11-23(16,4)24(19,30-21)18(28)12-25/h7-9,15-17,19-20,25,27H,5-6,10-12H2,1-4H3/t15?,16?,17-,19+,20?,22-,23-,24+/m0/s1/i1+1,2+1,21+1. The summed E-state index contributed by atoms with van der Waals surface area (Å²) < 4.78 is 12.6. The maximum absolute atomic E-state index is 13.2. The zero-order valence-corrected chi connectivity index (χ0v) is 18.2. The van der Waals surface area contributed by atoms with Gasteiger partial charge in [0.1, 0.15) is 6.61 Å². The van der Waals surface area contributed by atoms with Gasteiger partial charge >= 0.3 is 0 Å². The zero-order chi connectivity index (χ0) is 21.7. The molecule has 1 aliphatic heterocycles. The molecule has 0 spiro atoms. The predicted molar refractivity (Wildman–Crippen MR) is 108 cm³/mol. The van der Waals surface area contributed by atoms with Crippen molar-refractivity contribution in [3.05, 3.63) is 23.8 Å². The van der Waals surface area contributed by atoms with E-state index >= 15 is 0 Å². The number of ketones is 2. The van der Waals surface area contributed by atoms with Gasteiger partial charge in [-0.25, -0.2) is 0 Å². The largest absolute Gasteiger partial charge is 0.393 e. The first kappa shape index (κ1) is 20.6. The second-order valence-corrected chi connectivity index (χ2v) is 10.9. The molecule has 1 heterocycles. The Morgan fingerprint density at radius 2 is 2.00 bits per heavy atom. The summed E-state index contributed by atoms with van der Waals surface area (Å²) in [5.74, 6) is -0.947. The minimum absolute atomic E-state index is 0.0167. The molecule has 6 nitrogen and oxygen atoms in total. The topological polar surface area (TPSA) is 93.1 Å². The van der Waals surface area contributed by atoms with Gasteiger partial charge in [0.05, 0.1) is 12.2 Å². The number of Topliss-reactive ketones (excluding diaryl/α,β-unsaturated/α-hetero) is 1. The number of hydrogen-bond acceptors (Lipinski definition) is 6. The van der Waals surface area contributed by atoms with Crippen molar-refractivity contribution in [3.8, 4) is 0 Å². The summed E-state index contributed by atoms with van der Waals surface area (Å²) in [5.41, 5.74) is -1.12. The van der Waals surface area contributed by atoms with Crippen LogP contribution in [0, 0.1) is 28.6 Å². The van der Waals surface area contributed by atoms with Gasteiger partial charge in [-0.2, -0.15) is 0 Å². The lowest BCUT2D eigenvalue weighted by atomic mass is 9.46. The SMILES string of the molecule is C[C@]12C=CC(=O)C=C1CCC1C2[C@@H](O)C[C@@]2(C)C1C[C@H]1O[13C]([13CH3])([13CH3])O[C@]12C(=O)CO. The second kappa shape index (κ2) is 6.12. The summed E-state index contributed by atoms with van der Waals surface area (Å²) in [7, 11) is 0. The van der Waals surface area contributed by atoms with E-state index in [1.165, 1.54) is 0 Å². The zero-order valence-electron chi connectivity index (χ0n) is 18.2. The van der Waals surface area contributed by atoms with Crippen molar-refractivity contribution in [2.75, 3.05) is 6.61 Å². The fourth-order valence-electron chi connectivity index (χ4n) is 8.04. The van der Waals surface area contributed by atoms with Crippen molar-refractivity contribution in [2.45, 2.75) is 77.0 Å². The Hall–Kier alpha value is -1.34.